The number of rotatable bonds is 9. The topological polar surface area (TPSA) is 24.5 Å². The summed E-state index contributed by atoms with van der Waals surface area (Å²) >= 11 is 0. The Morgan fingerprint density at radius 1 is 1.25 bits per heavy atom. The number of hydrogen-bond acceptors (Lipinski definition) is 3. The van der Waals surface area contributed by atoms with Crippen molar-refractivity contribution >= 4 is 0 Å². The van der Waals surface area contributed by atoms with E-state index in [9.17, 15) is 0 Å². The summed E-state index contributed by atoms with van der Waals surface area (Å²) in [6.07, 6.45) is 2.59. The van der Waals surface area contributed by atoms with E-state index >= 15 is 0 Å². The van der Waals surface area contributed by atoms with Gasteiger partial charge in [0.25, 0.3) is 0 Å². The van der Waals surface area contributed by atoms with E-state index < -0.39 is 0 Å². The second kappa shape index (κ2) is 8.04. The van der Waals surface area contributed by atoms with Gasteiger partial charge in [0.2, 0.25) is 0 Å². The van der Waals surface area contributed by atoms with Crippen molar-refractivity contribution in [1.82, 2.24) is 10.2 Å². The van der Waals surface area contributed by atoms with E-state index in [0.717, 1.165) is 26.1 Å². The van der Waals surface area contributed by atoms with Crippen molar-refractivity contribution in [2.24, 2.45) is 0 Å². The quantitative estimate of drug-likeness (QED) is 0.614. The minimum absolute atomic E-state index is 0.109. The number of hydrogen-bond donors (Lipinski definition) is 1. The van der Waals surface area contributed by atoms with Crippen molar-refractivity contribution in [3.05, 3.63) is 0 Å². The van der Waals surface area contributed by atoms with E-state index in [2.05, 4.69) is 52.0 Å². The summed E-state index contributed by atoms with van der Waals surface area (Å²) in [6.45, 7) is 11.6. The highest BCUT2D eigenvalue weighted by atomic mass is 16.5. The van der Waals surface area contributed by atoms with Crippen LogP contribution in [0.25, 0.3) is 0 Å². The molecule has 0 radical (unpaired) electrons. The van der Waals surface area contributed by atoms with Gasteiger partial charge in [-0.15, -0.1) is 0 Å². The summed E-state index contributed by atoms with van der Waals surface area (Å²) in [4.78, 5) is 2.21. The highest BCUT2D eigenvalue weighted by Crippen LogP contribution is 2.12. The first-order valence-corrected chi connectivity index (χ1v) is 6.43. The number of nitrogens with one attached hydrogen (secondary N) is 1. The fourth-order valence-corrected chi connectivity index (χ4v) is 1.21. The minimum Gasteiger partial charge on any atom is -0.375 e. The van der Waals surface area contributed by atoms with Gasteiger partial charge in [0.1, 0.15) is 0 Å². The van der Waals surface area contributed by atoms with Gasteiger partial charge in [-0.25, -0.2) is 0 Å². The van der Waals surface area contributed by atoms with E-state index in [1.54, 1.807) is 0 Å². The van der Waals surface area contributed by atoms with Gasteiger partial charge in [-0.05, 0) is 47.3 Å². The van der Waals surface area contributed by atoms with Crippen LogP contribution < -0.4 is 5.32 Å². The zero-order valence-electron chi connectivity index (χ0n) is 12.0. The third-order valence-electron chi connectivity index (χ3n) is 3.14. The zero-order valence-corrected chi connectivity index (χ0v) is 12.0. The third-order valence-corrected chi connectivity index (χ3v) is 3.14. The van der Waals surface area contributed by atoms with Crippen LogP contribution in [0.4, 0.5) is 0 Å². The normalized spacial score (nSPS) is 14.4. The van der Waals surface area contributed by atoms with E-state index in [1.807, 2.05) is 0 Å². The average Bonchev–Trinajstić information content (AvgIpc) is 2.23. The molecule has 0 spiro atoms. The maximum absolute atomic E-state index is 5.96. The lowest BCUT2D eigenvalue weighted by Gasteiger charge is -2.33. The predicted octanol–water partition coefficient (Wildman–Crippen LogP) is 2.12. The molecule has 0 aromatic rings. The van der Waals surface area contributed by atoms with E-state index in [1.165, 1.54) is 6.42 Å². The van der Waals surface area contributed by atoms with Crippen LogP contribution in [0.2, 0.25) is 0 Å². The van der Waals surface area contributed by atoms with Gasteiger partial charge in [-0.2, -0.15) is 0 Å². The summed E-state index contributed by atoms with van der Waals surface area (Å²) in [6, 6.07) is 0. The molecule has 0 bridgehead atoms. The molecular formula is C13H30N2O. The largest absolute Gasteiger partial charge is 0.375 e. The Bertz CT molecular complexity index is 169. The lowest BCUT2D eigenvalue weighted by atomic mass is 10.1. The van der Waals surface area contributed by atoms with Gasteiger partial charge < -0.3 is 15.0 Å². The maximum Gasteiger partial charge on any atom is 0.0697 e. The molecule has 98 valence electrons. The van der Waals surface area contributed by atoms with Gasteiger partial charge in [0.05, 0.1) is 12.7 Å². The summed E-state index contributed by atoms with van der Waals surface area (Å²) in [5, 5.41) is 3.41. The molecule has 16 heavy (non-hydrogen) atoms. The Hall–Kier alpha value is -0.120. The van der Waals surface area contributed by atoms with Crippen LogP contribution in [0.15, 0.2) is 0 Å². The minimum atomic E-state index is 0.109. The molecule has 0 saturated carbocycles. The average molecular weight is 230 g/mol. The molecule has 0 rings (SSSR count). The van der Waals surface area contributed by atoms with Gasteiger partial charge in [0.15, 0.2) is 0 Å². The molecule has 0 aliphatic carbocycles. The monoisotopic (exact) mass is 230 g/mol. The highest BCUT2D eigenvalue weighted by Gasteiger charge is 2.22. The SMILES string of the molecule is CCCNCC(CC)OCC(C)(C)N(C)C. The van der Waals surface area contributed by atoms with Crippen molar-refractivity contribution in [2.45, 2.75) is 52.2 Å². The van der Waals surface area contributed by atoms with Crippen LogP contribution in [0.1, 0.15) is 40.5 Å². The molecule has 1 unspecified atom stereocenters. The summed E-state index contributed by atoms with van der Waals surface area (Å²) < 4.78 is 5.96. The van der Waals surface area contributed by atoms with Crippen molar-refractivity contribution < 1.29 is 4.74 Å². The molecule has 1 N–H and O–H groups in total. The number of ether oxygens (including phenoxy) is 1. The third kappa shape index (κ3) is 6.46. The number of likely N-dealkylation sites (N-methyl/N-ethyl adjacent to an activating group) is 1. The van der Waals surface area contributed by atoms with Crippen molar-refractivity contribution in [2.75, 3.05) is 33.8 Å². The molecule has 0 aromatic carbocycles. The lowest BCUT2D eigenvalue weighted by Crippen LogP contribution is -2.44. The molecule has 0 fully saturated rings. The highest BCUT2D eigenvalue weighted by molar-refractivity contribution is 4.77. The van der Waals surface area contributed by atoms with Crippen LogP contribution in [0, 0.1) is 0 Å². The van der Waals surface area contributed by atoms with Gasteiger partial charge >= 0.3 is 0 Å². The van der Waals surface area contributed by atoms with Crippen molar-refractivity contribution in [1.29, 1.82) is 0 Å². The molecule has 3 nitrogen and oxygen atoms in total. The second-order valence-corrected chi connectivity index (χ2v) is 5.25. The van der Waals surface area contributed by atoms with Crippen LogP contribution in [0.5, 0.6) is 0 Å². The Kier molecular flexibility index (Phi) is 7.98. The Labute approximate surface area is 102 Å². The number of nitrogens with zero attached hydrogens (tertiary/aromatic N) is 1. The molecule has 0 aromatic heterocycles. The Morgan fingerprint density at radius 3 is 2.31 bits per heavy atom. The van der Waals surface area contributed by atoms with Crippen LogP contribution >= 0.6 is 0 Å². The molecule has 1 atom stereocenters. The van der Waals surface area contributed by atoms with Gasteiger partial charge in [-0.1, -0.05) is 13.8 Å². The molecule has 0 amide bonds. The van der Waals surface area contributed by atoms with E-state index in [4.69, 9.17) is 4.74 Å². The molecule has 0 saturated heterocycles. The van der Waals surface area contributed by atoms with E-state index in [0.29, 0.717) is 6.10 Å². The first-order chi connectivity index (χ1) is 7.44. The summed E-state index contributed by atoms with van der Waals surface area (Å²) in [7, 11) is 4.19. The summed E-state index contributed by atoms with van der Waals surface area (Å²) in [5.41, 5.74) is 0.109. The fraction of sp³-hybridized carbons (Fsp3) is 1.00. The zero-order chi connectivity index (χ0) is 12.6. The predicted molar refractivity (Wildman–Crippen MR) is 71.0 cm³/mol. The molecular weight excluding hydrogens is 200 g/mol. The first kappa shape index (κ1) is 15.9. The van der Waals surface area contributed by atoms with Gasteiger partial charge in [0, 0.05) is 12.1 Å². The Morgan fingerprint density at radius 2 is 1.88 bits per heavy atom. The summed E-state index contributed by atoms with van der Waals surface area (Å²) in [5.74, 6) is 0. The lowest BCUT2D eigenvalue weighted by molar-refractivity contribution is -0.0122. The standard InChI is InChI=1S/C13H30N2O/c1-7-9-14-10-12(8-2)16-11-13(3,4)15(5)6/h12,14H,7-11H2,1-6H3. The van der Waals surface area contributed by atoms with Crippen molar-refractivity contribution in [3.8, 4) is 0 Å². The van der Waals surface area contributed by atoms with Crippen LogP contribution in [0.3, 0.4) is 0 Å². The first-order valence-electron chi connectivity index (χ1n) is 6.43. The smallest absolute Gasteiger partial charge is 0.0697 e. The molecule has 0 heterocycles. The van der Waals surface area contributed by atoms with Gasteiger partial charge in [-0.3, -0.25) is 0 Å². The van der Waals surface area contributed by atoms with Crippen LogP contribution in [-0.4, -0.2) is 50.3 Å². The van der Waals surface area contributed by atoms with Crippen LogP contribution in [-0.2, 0) is 4.74 Å². The molecule has 0 aliphatic heterocycles. The van der Waals surface area contributed by atoms with E-state index in [-0.39, 0.29) is 5.54 Å². The maximum atomic E-state index is 5.96. The fourth-order valence-electron chi connectivity index (χ4n) is 1.21. The molecule has 0 aliphatic rings. The molecule has 3 heteroatoms. The Balaban J connectivity index is 3.86. The second-order valence-electron chi connectivity index (χ2n) is 5.25. The van der Waals surface area contributed by atoms with Crippen molar-refractivity contribution in [3.63, 3.8) is 0 Å².